The van der Waals surface area contributed by atoms with Gasteiger partial charge in [0.05, 0.1) is 5.69 Å². The van der Waals surface area contributed by atoms with Crippen LogP contribution in [0.1, 0.15) is 0 Å². The van der Waals surface area contributed by atoms with E-state index in [0.29, 0.717) is 11.3 Å². The average molecular weight is 191 g/mol. The summed E-state index contributed by atoms with van der Waals surface area (Å²) in [6.45, 7) is 0. The van der Waals surface area contributed by atoms with Gasteiger partial charge in [0.15, 0.2) is 0 Å². The van der Waals surface area contributed by atoms with Gasteiger partial charge in [-0.25, -0.2) is 4.39 Å². The standard InChI is InChI=1S/C10H10FN3/c1-14-10(4-5-13-14)8-3-2-7(12)6-9(8)11/h2-6H,12H2,1H3. The predicted molar refractivity (Wildman–Crippen MR) is 53.0 cm³/mol. The Morgan fingerprint density at radius 3 is 2.71 bits per heavy atom. The minimum absolute atomic E-state index is 0.325. The van der Waals surface area contributed by atoms with E-state index in [1.807, 2.05) is 0 Å². The molecule has 0 saturated heterocycles. The largest absolute Gasteiger partial charge is 0.399 e. The molecule has 2 aromatic rings. The van der Waals surface area contributed by atoms with Crippen molar-refractivity contribution in [2.75, 3.05) is 5.73 Å². The summed E-state index contributed by atoms with van der Waals surface area (Å²) in [7, 11) is 1.77. The highest BCUT2D eigenvalue weighted by Crippen LogP contribution is 2.23. The minimum Gasteiger partial charge on any atom is -0.399 e. The SMILES string of the molecule is Cn1nccc1-c1ccc(N)cc1F. The number of hydrogen-bond acceptors (Lipinski definition) is 2. The highest BCUT2D eigenvalue weighted by atomic mass is 19.1. The van der Waals surface area contributed by atoms with E-state index in [2.05, 4.69) is 5.10 Å². The molecular weight excluding hydrogens is 181 g/mol. The molecule has 0 fully saturated rings. The second-order valence-electron chi connectivity index (χ2n) is 3.08. The van der Waals surface area contributed by atoms with Crippen LogP contribution in [0.25, 0.3) is 11.3 Å². The Bertz CT molecular complexity index is 462. The lowest BCUT2D eigenvalue weighted by Gasteiger charge is -2.04. The van der Waals surface area contributed by atoms with E-state index in [1.54, 1.807) is 36.1 Å². The summed E-state index contributed by atoms with van der Waals surface area (Å²) in [6, 6.07) is 6.39. The second-order valence-corrected chi connectivity index (χ2v) is 3.08. The molecule has 0 aliphatic heterocycles. The van der Waals surface area contributed by atoms with Crippen LogP contribution in [0.5, 0.6) is 0 Å². The lowest BCUT2D eigenvalue weighted by Crippen LogP contribution is -1.96. The van der Waals surface area contributed by atoms with E-state index in [9.17, 15) is 4.39 Å². The van der Waals surface area contributed by atoms with Gasteiger partial charge in [-0.2, -0.15) is 5.10 Å². The molecular formula is C10H10FN3. The van der Waals surface area contributed by atoms with Gasteiger partial charge in [-0.3, -0.25) is 4.68 Å². The number of halogens is 1. The van der Waals surface area contributed by atoms with Gasteiger partial charge in [0, 0.05) is 24.5 Å². The molecule has 0 amide bonds. The van der Waals surface area contributed by atoms with Crippen LogP contribution in [0, 0.1) is 5.82 Å². The highest BCUT2D eigenvalue weighted by Gasteiger charge is 2.07. The van der Waals surface area contributed by atoms with Gasteiger partial charge in [0.1, 0.15) is 5.82 Å². The molecule has 0 unspecified atom stereocenters. The number of rotatable bonds is 1. The number of aromatic nitrogens is 2. The molecule has 14 heavy (non-hydrogen) atoms. The van der Waals surface area contributed by atoms with E-state index in [1.165, 1.54) is 6.07 Å². The van der Waals surface area contributed by atoms with Crippen LogP contribution < -0.4 is 5.73 Å². The summed E-state index contributed by atoms with van der Waals surface area (Å²) in [5.74, 6) is -0.325. The predicted octanol–water partition coefficient (Wildman–Crippen LogP) is 1.81. The van der Waals surface area contributed by atoms with Gasteiger partial charge >= 0.3 is 0 Å². The third-order valence-corrected chi connectivity index (χ3v) is 2.09. The van der Waals surface area contributed by atoms with Gasteiger partial charge in [-0.05, 0) is 24.3 Å². The van der Waals surface area contributed by atoms with Crippen molar-refractivity contribution in [2.24, 2.45) is 7.05 Å². The quantitative estimate of drug-likeness (QED) is 0.698. The third kappa shape index (κ3) is 1.35. The van der Waals surface area contributed by atoms with Crippen LogP contribution >= 0.6 is 0 Å². The molecule has 0 saturated carbocycles. The fourth-order valence-corrected chi connectivity index (χ4v) is 1.38. The first-order valence-electron chi connectivity index (χ1n) is 4.22. The minimum atomic E-state index is -0.325. The molecule has 1 heterocycles. The zero-order chi connectivity index (χ0) is 10.1. The van der Waals surface area contributed by atoms with E-state index in [4.69, 9.17) is 5.73 Å². The number of anilines is 1. The molecule has 3 nitrogen and oxygen atoms in total. The van der Waals surface area contributed by atoms with Gasteiger partial charge in [-0.1, -0.05) is 0 Å². The van der Waals surface area contributed by atoms with Crippen molar-refractivity contribution in [3.8, 4) is 11.3 Å². The Labute approximate surface area is 81.0 Å². The smallest absolute Gasteiger partial charge is 0.134 e. The van der Waals surface area contributed by atoms with E-state index >= 15 is 0 Å². The van der Waals surface area contributed by atoms with Crippen molar-refractivity contribution in [3.05, 3.63) is 36.3 Å². The van der Waals surface area contributed by atoms with Crippen molar-refractivity contribution in [2.45, 2.75) is 0 Å². The fourth-order valence-electron chi connectivity index (χ4n) is 1.38. The van der Waals surface area contributed by atoms with Gasteiger partial charge < -0.3 is 5.73 Å². The Hall–Kier alpha value is -1.84. The first-order valence-corrected chi connectivity index (χ1v) is 4.22. The summed E-state index contributed by atoms with van der Waals surface area (Å²) in [5, 5.41) is 3.98. The van der Waals surface area contributed by atoms with E-state index in [-0.39, 0.29) is 5.82 Å². The average Bonchev–Trinajstić information content (AvgIpc) is 2.52. The number of nitrogens with two attached hydrogens (primary N) is 1. The van der Waals surface area contributed by atoms with E-state index in [0.717, 1.165) is 5.69 Å². The Balaban J connectivity index is 2.58. The summed E-state index contributed by atoms with van der Waals surface area (Å²) >= 11 is 0. The zero-order valence-corrected chi connectivity index (χ0v) is 7.74. The summed E-state index contributed by atoms with van der Waals surface area (Å²) in [5.41, 5.74) is 7.13. The topological polar surface area (TPSA) is 43.8 Å². The maximum Gasteiger partial charge on any atom is 0.134 e. The molecule has 0 aliphatic carbocycles. The number of nitrogen functional groups attached to an aromatic ring is 1. The van der Waals surface area contributed by atoms with E-state index < -0.39 is 0 Å². The maximum absolute atomic E-state index is 13.5. The highest BCUT2D eigenvalue weighted by molar-refractivity contribution is 5.62. The van der Waals surface area contributed by atoms with Crippen LogP contribution in [0.3, 0.4) is 0 Å². The Morgan fingerprint density at radius 2 is 2.14 bits per heavy atom. The molecule has 72 valence electrons. The van der Waals surface area contributed by atoms with Crippen LogP contribution in [0.2, 0.25) is 0 Å². The summed E-state index contributed by atoms with van der Waals surface area (Å²) in [4.78, 5) is 0. The molecule has 2 N–H and O–H groups in total. The van der Waals surface area contributed by atoms with Crippen LogP contribution in [0.4, 0.5) is 10.1 Å². The summed E-state index contributed by atoms with van der Waals surface area (Å²) in [6.07, 6.45) is 1.63. The van der Waals surface area contributed by atoms with Crippen LogP contribution in [-0.2, 0) is 7.05 Å². The number of nitrogens with zero attached hydrogens (tertiary/aromatic N) is 2. The first-order chi connectivity index (χ1) is 6.68. The second kappa shape index (κ2) is 3.14. The number of hydrogen-bond donors (Lipinski definition) is 1. The molecule has 1 aromatic carbocycles. The van der Waals surface area contributed by atoms with Crippen molar-refractivity contribution < 1.29 is 4.39 Å². The Morgan fingerprint density at radius 1 is 1.36 bits per heavy atom. The first kappa shape index (κ1) is 8.74. The fraction of sp³-hybridized carbons (Fsp3) is 0.100. The Kier molecular flexibility index (Phi) is 1.96. The molecule has 2 rings (SSSR count). The molecule has 4 heteroatoms. The zero-order valence-electron chi connectivity index (χ0n) is 7.74. The molecule has 0 spiro atoms. The monoisotopic (exact) mass is 191 g/mol. The third-order valence-electron chi connectivity index (χ3n) is 2.09. The van der Waals surface area contributed by atoms with Crippen molar-refractivity contribution in [1.82, 2.24) is 9.78 Å². The molecule has 0 radical (unpaired) electrons. The number of aryl methyl sites for hydroxylation is 1. The van der Waals surface area contributed by atoms with Crippen LogP contribution in [-0.4, -0.2) is 9.78 Å². The molecule has 0 atom stereocenters. The lowest BCUT2D eigenvalue weighted by molar-refractivity contribution is 0.628. The molecule has 1 aromatic heterocycles. The van der Waals surface area contributed by atoms with Gasteiger partial charge in [-0.15, -0.1) is 0 Å². The van der Waals surface area contributed by atoms with Gasteiger partial charge in [0.2, 0.25) is 0 Å². The normalized spacial score (nSPS) is 10.4. The van der Waals surface area contributed by atoms with Crippen LogP contribution in [0.15, 0.2) is 30.5 Å². The van der Waals surface area contributed by atoms with Gasteiger partial charge in [0.25, 0.3) is 0 Å². The lowest BCUT2D eigenvalue weighted by atomic mass is 10.1. The summed E-state index contributed by atoms with van der Waals surface area (Å²) < 4.78 is 15.1. The van der Waals surface area contributed by atoms with Crippen molar-refractivity contribution in [1.29, 1.82) is 0 Å². The molecule has 0 bridgehead atoms. The van der Waals surface area contributed by atoms with Crippen molar-refractivity contribution in [3.63, 3.8) is 0 Å². The number of benzene rings is 1. The van der Waals surface area contributed by atoms with Crippen molar-refractivity contribution >= 4 is 5.69 Å². The molecule has 0 aliphatic rings. The maximum atomic E-state index is 13.5.